The van der Waals surface area contributed by atoms with Crippen LogP contribution < -0.4 is 0 Å². The van der Waals surface area contributed by atoms with Crippen molar-refractivity contribution in [2.75, 3.05) is 6.61 Å². The zero-order valence-electron chi connectivity index (χ0n) is 21.4. The molecular formula is C31H54O2. The number of aliphatic hydroxyl groups is 2. The lowest BCUT2D eigenvalue weighted by molar-refractivity contribution is -0.197. The Morgan fingerprint density at radius 2 is 1.45 bits per heavy atom. The Hall–Kier alpha value is -0.780. The summed E-state index contributed by atoms with van der Waals surface area (Å²) >= 11 is 0. The highest BCUT2D eigenvalue weighted by atomic mass is 16.3. The van der Waals surface area contributed by atoms with E-state index in [1.807, 2.05) is 6.92 Å². The molecule has 0 heterocycles. The van der Waals surface area contributed by atoms with Gasteiger partial charge in [0.15, 0.2) is 0 Å². The number of terminal acetylenes is 1. The van der Waals surface area contributed by atoms with Gasteiger partial charge in [-0.25, -0.2) is 0 Å². The highest BCUT2D eigenvalue weighted by Crippen LogP contribution is 2.71. The lowest BCUT2D eigenvalue weighted by atomic mass is 9.37. The van der Waals surface area contributed by atoms with Crippen molar-refractivity contribution in [1.29, 1.82) is 0 Å². The molecule has 2 nitrogen and oxygen atoms in total. The Morgan fingerprint density at radius 1 is 0.879 bits per heavy atom. The van der Waals surface area contributed by atoms with Crippen LogP contribution in [0.5, 0.6) is 0 Å². The first kappa shape index (κ1) is 28.5. The number of fused-ring (bicyclic) bond motifs is 7. The van der Waals surface area contributed by atoms with Crippen molar-refractivity contribution in [1.82, 2.24) is 0 Å². The smallest absolute Gasteiger partial charge is 0.0568 e. The Balaban J connectivity index is 0.000000597. The first-order valence-corrected chi connectivity index (χ1v) is 13.5. The van der Waals surface area contributed by atoms with Crippen LogP contribution in [0.1, 0.15) is 106 Å². The molecule has 0 spiro atoms. The maximum atomic E-state index is 10.5. The van der Waals surface area contributed by atoms with E-state index in [4.69, 9.17) is 0 Å². The molecule has 0 bridgehead atoms. The predicted molar refractivity (Wildman–Crippen MR) is 142 cm³/mol. The van der Waals surface area contributed by atoms with E-state index in [1.165, 1.54) is 64.2 Å². The summed E-state index contributed by atoms with van der Waals surface area (Å²) in [6.45, 7) is 13.3. The average Bonchev–Trinajstić information content (AvgIpc) is 3.23. The molecule has 5 saturated carbocycles. The molecule has 5 aliphatic rings. The van der Waals surface area contributed by atoms with Crippen molar-refractivity contribution in [3.05, 3.63) is 12.7 Å². The SMILES string of the molecule is C.C#C.C=CC.CC1C(O)CCC2(C)C1CCC1(C)C3CCC4(CO)CCCC4C3CCC21. The van der Waals surface area contributed by atoms with Crippen LogP contribution in [0.3, 0.4) is 0 Å². The van der Waals surface area contributed by atoms with Crippen LogP contribution in [-0.2, 0) is 0 Å². The zero-order chi connectivity index (χ0) is 23.7. The quantitative estimate of drug-likeness (QED) is 0.315. The normalized spacial score (nSPS) is 49.6. The summed E-state index contributed by atoms with van der Waals surface area (Å²) in [4.78, 5) is 0. The Bertz CT molecular complexity index is 669. The molecule has 10 atom stereocenters. The van der Waals surface area contributed by atoms with E-state index < -0.39 is 0 Å². The van der Waals surface area contributed by atoms with Gasteiger partial charge in [-0.15, -0.1) is 19.4 Å². The van der Waals surface area contributed by atoms with Gasteiger partial charge >= 0.3 is 0 Å². The van der Waals surface area contributed by atoms with Crippen LogP contribution >= 0.6 is 0 Å². The first-order chi connectivity index (χ1) is 15.3. The third-order valence-electron chi connectivity index (χ3n) is 11.6. The van der Waals surface area contributed by atoms with E-state index in [0.29, 0.717) is 23.4 Å². The molecule has 0 aromatic rings. The van der Waals surface area contributed by atoms with Crippen molar-refractivity contribution in [3.63, 3.8) is 0 Å². The molecule has 0 radical (unpaired) electrons. The van der Waals surface area contributed by atoms with Crippen LogP contribution in [0.25, 0.3) is 0 Å². The first-order valence-electron chi connectivity index (χ1n) is 13.5. The lowest BCUT2D eigenvalue weighted by Gasteiger charge is -2.67. The van der Waals surface area contributed by atoms with E-state index in [9.17, 15) is 10.2 Å². The maximum Gasteiger partial charge on any atom is 0.0568 e. The van der Waals surface area contributed by atoms with E-state index in [2.05, 4.69) is 40.2 Å². The molecule has 0 aromatic heterocycles. The van der Waals surface area contributed by atoms with Gasteiger partial charge in [0.2, 0.25) is 0 Å². The number of hydrogen-bond donors (Lipinski definition) is 2. The minimum absolute atomic E-state index is 0. The van der Waals surface area contributed by atoms with E-state index in [1.54, 1.807) is 6.08 Å². The number of rotatable bonds is 1. The second-order valence-electron chi connectivity index (χ2n) is 12.5. The highest BCUT2D eigenvalue weighted by molar-refractivity contribution is 5.13. The maximum absolute atomic E-state index is 10.5. The third-order valence-corrected chi connectivity index (χ3v) is 11.6. The summed E-state index contributed by atoms with van der Waals surface area (Å²) in [7, 11) is 0. The zero-order valence-corrected chi connectivity index (χ0v) is 21.4. The van der Waals surface area contributed by atoms with Gasteiger partial charge in [-0.05, 0) is 123 Å². The van der Waals surface area contributed by atoms with Crippen LogP contribution in [0.15, 0.2) is 12.7 Å². The second kappa shape index (κ2) is 10.9. The predicted octanol–water partition coefficient (Wildman–Crippen LogP) is 7.49. The van der Waals surface area contributed by atoms with E-state index in [-0.39, 0.29) is 18.9 Å². The second-order valence-corrected chi connectivity index (χ2v) is 12.5. The summed E-state index contributed by atoms with van der Waals surface area (Å²) in [5.41, 5.74) is 1.23. The summed E-state index contributed by atoms with van der Waals surface area (Å²) < 4.78 is 0. The molecule has 0 saturated heterocycles. The van der Waals surface area contributed by atoms with Crippen LogP contribution in [-0.4, -0.2) is 22.9 Å². The Labute approximate surface area is 206 Å². The molecule has 5 aliphatic carbocycles. The van der Waals surface area contributed by atoms with Crippen LogP contribution in [0.2, 0.25) is 0 Å². The summed E-state index contributed by atoms with van der Waals surface area (Å²) in [5.74, 6) is 4.62. The Kier molecular flexibility index (Phi) is 9.37. The van der Waals surface area contributed by atoms with Gasteiger partial charge < -0.3 is 10.2 Å². The molecule has 0 amide bonds. The van der Waals surface area contributed by atoms with Gasteiger partial charge in [-0.2, -0.15) is 0 Å². The lowest BCUT2D eigenvalue weighted by Crippen LogP contribution is -2.61. The molecule has 5 fully saturated rings. The van der Waals surface area contributed by atoms with Gasteiger partial charge in [0.1, 0.15) is 0 Å². The summed E-state index contributed by atoms with van der Waals surface area (Å²) in [5, 5.41) is 20.8. The standard InChI is InChI=1S/C25H42O2.C3H6.C2H2.CH4/c1-16-18-8-12-24(3)19-9-14-25(15-26)11-4-5-20(25)17(19)6-7-22(24)23(18,2)13-10-21(16)27;1-3-2;1-2;/h16-22,26-27H,4-15H2,1-3H3;3H,1H2,2H3;1-2H;1H4. The number of hydrogen-bond acceptors (Lipinski definition) is 2. The van der Waals surface area contributed by atoms with Crippen molar-refractivity contribution in [3.8, 4) is 12.8 Å². The molecule has 10 unspecified atom stereocenters. The van der Waals surface area contributed by atoms with Crippen molar-refractivity contribution in [2.45, 2.75) is 112 Å². The fourth-order valence-corrected chi connectivity index (χ4v) is 10.2. The van der Waals surface area contributed by atoms with Crippen LogP contribution in [0.4, 0.5) is 0 Å². The largest absolute Gasteiger partial charge is 0.396 e. The highest BCUT2D eigenvalue weighted by Gasteiger charge is 2.64. The Morgan fingerprint density at radius 3 is 2.09 bits per heavy atom. The summed E-state index contributed by atoms with van der Waals surface area (Å²) in [6.07, 6.45) is 24.2. The van der Waals surface area contributed by atoms with E-state index in [0.717, 1.165) is 36.0 Å². The fraction of sp³-hybridized carbons (Fsp3) is 0.871. The molecule has 2 heteroatoms. The molecule has 33 heavy (non-hydrogen) atoms. The van der Waals surface area contributed by atoms with Crippen molar-refractivity contribution < 1.29 is 10.2 Å². The minimum atomic E-state index is -0.0675. The molecule has 0 aromatic carbocycles. The molecule has 0 aliphatic heterocycles. The van der Waals surface area contributed by atoms with Gasteiger partial charge in [0, 0.05) is 6.61 Å². The average molecular weight is 459 g/mol. The third kappa shape index (κ3) is 4.36. The van der Waals surface area contributed by atoms with Gasteiger partial charge in [0.05, 0.1) is 6.10 Å². The molecular weight excluding hydrogens is 404 g/mol. The van der Waals surface area contributed by atoms with Crippen molar-refractivity contribution >= 4 is 0 Å². The van der Waals surface area contributed by atoms with Gasteiger partial charge in [0.25, 0.3) is 0 Å². The van der Waals surface area contributed by atoms with Crippen LogP contribution in [0, 0.1) is 64.6 Å². The van der Waals surface area contributed by atoms with E-state index >= 15 is 0 Å². The van der Waals surface area contributed by atoms with Gasteiger partial charge in [-0.3, -0.25) is 0 Å². The minimum Gasteiger partial charge on any atom is -0.396 e. The molecule has 2 N–H and O–H groups in total. The van der Waals surface area contributed by atoms with Crippen molar-refractivity contribution in [2.24, 2.45) is 51.8 Å². The number of aliphatic hydroxyl groups excluding tert-OH is 2. The monoisotopic (exact) mass is 458 g/mol. The molecule has 5 rings (SSSR count). The topological polar surface area (TPSA) is 40.5 Å². The fourth-order valence-electron chi connectivity index (χ4n) is 10.2. The summed E-state index contributed by atoms with van der Waals surface area (Å²) in [6, 6.07) is 0. The molecule has 190 valence electrons. The number of allylic oxidation sites excluding steroid dienone is 1. The van der Waals surface area contributed by atoms with Gasteiger partial charge in [-0.1, -0.05) is 40.7 Å².